The molecule has 4 N–H and O–H groups in total. The van der Waals surface area contributed by atoms with Crippen LogP contribution in [-0.4, -0.2) is 53.0 Å². The van der Waals surface area contributed by atoms with Crippen LogP contribution in [0.1, 0.15) is 13.3 Å². The number of nitrogens with two attached hydrogens (primary N) is 1. The highest BCUT2D eigenvalue weighted by Gasteiger charge is 2.22. The zero-order chi connectivity index (χ0) is 9.14. The van der Waals surface area contributed by atoms with Crippen molar-refractivity contribution in [1.82, 2.24) is 4.90 Å². The van der Waals surface area contributed by atoms with Crippen molar-refractivity contribution in [2.45, 2.75) is 31.6 Å². The van der Waals surface area contributed by atoms with E-state index in [9.17, 15) is 5.11 Å². The van der Waals surface area contributed by atoms with Crippen LogP contribution in [0.4, 0.5) is 0 Å². The first kappa shape index (κ1) is 9.92. The molecule has 1 saturated heterocycles. The third-order valence-electron chi connectivity index (χ3n) is 2.34. The summed E-state index contributed by atoms with van der Waals surface area (Å²) in [7, 11) is 0. The van der Waals surface area contributed by atoms with Crippen molar-refractivity contribution in [3.05, 3.63) is 0 Å². The number of likely N-dealkylation sites (tertiary alicyclic amines) is 1. The van der Waals surface area contributed by atoms with Crippen LogP contribution in [0.25, 0.3) is 0 Å². The summed E-state index contributed by atoms with van der Waals surface area (Å²) in [4.78, 5) is 2.09. The molecule has 0 bridgehead atoms. The van der Waals surface area contributed by atoms with Gasteiger partial charge in [-0.1, -0.05) is 0 Å². The molecule has 3 atom stereocenters. The topological polar surface area (TPSA) is 69.7 Å². The lowest BCUT2D eigenvalue weighted by Crippen LogP contribution is -2.43. The number of hydrogen-bond acceptors (Lipinski definition) is 4. The Kier molecular flexibility index (Phi) is 3.46. The lowest BCUT2D eigenvalue weighted by atomic mass is 10.2. The van der Waals surface area contributed by atoms with Crippen molar-refractivity contribution in [3.8, 4) is 0 Å². The van der Waals surface area contributed by atoms with Gasteiger partial charge in [0.05, 0.1) is 12.2 Å². The highest BCUT2D eigenvalue weighted by molar-refractivity contribution is 4.79. The summed E-state index contributed by atoms with van der Waals surface area (Å²) >= 11 is 0. The molecule has 0 saturated carbocycles. The Morgan fingerprint density at radius 1 is 1.67 bits per heavy atom. The van der Waals surface area contributed by atoms with E-state index in [2.05, 4.69) is 4.90 Å². The molecule has 0 amide bonds. The van der Waals surface area contributed by atoms with Crippen LogP contribution in [0.15, 0.2) is 0 Å². The molecule has 0 aliphatic carbocycles. The van der Waals surface area contributed by atoms with Gasteiger partial charge >= 0.3 is 0 Å². The normalized spacial score (nSPS) is 30.5. The quantitative estimate of drug-likeness (QED) is 0.500. The Bertz CT molecular complexity index is 141. The van der Waals surface area contributed by atoms with Gasteiger partial charge in [-0.25, -0.2) is 0 Å². The number of hydrogen-bond donors (Lipinski definition) is 3. The van der Waals surface area contributed by atoms with Gasteiger partial charge in [-0.3, -0.25) is 4.90 Å². The molecule has 0 unspecified atom stereocenters. The molecule has 0 aromatic carbocycles. The fraction of sp³-hybridized carbons (Fsp3) is 1.00. The summed E-state index contributed by atoms with van der Waals surface area (Å²) in [5, 5.41) is 18.3. The van der Waals surface area contributed by atoms with Crippen LogP contribution in [0.2, 0.25) is 0 Å². The zero-order valence-corrected chi connectivity index (χ0v) is 7.48. The van der Waals surface area contributed by atoms with Crippen molar-refractivity contribution < 1.29 is 10.2 Å². The van der Waals surface area contributed by atoms with Gasteiger partial charge in [0, 0.05) is 25.7 Å². The van der Waals surface area contributed by atoms with E-state index in [-0.39, 0.29) is 12.1 Å². The smallest absolute Gasteiger partial charge is 0.0679 e. The number of aliphatic hydroxyl groups is 2. The second kappa shape index (κ2) is 4.18. The predicted octanol–water partition coefficient (Wildman–Crippen LogP) is -1.24. The van der Waals surface area contributed by atoms with Crippen LogP contribution in [-0.2, 0) is 0 Å². The van der Waals surface area contributed by atoms with E-state index in [1.807, 2.05) is 0 Å². The minimum Gasteiger partial charge on any atom is -0.392 e. The average Bonchev–Trinajstić information content (AvgIpc) is 2.35. The Morgan fingerprint density at radius 2 is 2.33 bits per heavy atom. The molecular formula is C8H18N2O2. The largest absolute Gasteiger partial charge is 0.392 e. The predicted molar refractivity (Wildman–Crippen MR) is 46.7 cm³/mol. The molecule has 4 nitrogen and oxygen atoms in total. The Morgan fingerprint density at radius 3 is 2.75 bits per heavy atom. The van der Waals surface area contributed by atoms with Gasteiger partial charge in [0.2, 0.25) is 0 Å². The van der Waals surface area contributed by atoms with E-state index in [1.54, 1.807) is 6.92 Å². The van der Waals surface area contributed by atoms with Crippen LogP contribution < -0.4 is 5.73 Å². The lowest BCUT2D eigenvalue weighted by Gasteiger charge is -2.21. The minimum absolute atomic E-state index is 0.199. The molecule has 4 heteroatoms. The summed E-state index contributed by atoms with van der Waals surface area (Å²) in [5.41, 5.74) is 5.67. The minimum atomic E-state index is -0.470. The lowest BCUT2D eigenvalue weighted by molar-refractivity contribution is 0.130. The SMILES string of the molecule is C[C@@H](O)[C@H](N)CN1CC[C@H](O)C1. The maximum atomic E-state index is 9.21. The number of β-amino-alcohol motifs (C(OH)–C–C–N with tert-alkyl or cyclic N) is 1. The summed E-state index contributed by atoms with van der Waals surface area (Å²) in [6.45, 7) is 3.95. The fourth-order valence-electron chi connectivity index (χ4n) is 1.43. The highest BCUT2D eigenvalue weighted by Crippen LogP contribution is 2.08. The standard InChI is InChI=1S/C8H18N2O2/c1-6(11)8(9)5-10-3-2-7(12)4-10/h6-8,11-12H,2-5,9H2,1H3/t6-,7+,8-/m1/s1. The third kappa shape index (κ3) is 2.71. The average molecular weight is 174 g/mol. The van der Waals surface area contributed by atoms with E-state index in [1.165, 1.54) is 0 Å². The van der Waals surface area contributed by atoms with Crippen molar-refractivity contribution in [2.24, 2.45) is 5.73 Å². The maximum absolute atomic E-state index is 9.21. The first-order valence-corrected chi connectivity index (χ1v) is 4.43. The van der Waals surface area contributed by atoms with Gasteiger partial charge in [0.1, 0.15) is 0 Å². The highest BCUT2D eigenvalue weighted by atomic mass is 16.3. The molecule has 0 spiro atoms. The second-order valence-electron chi connectivity index (χ2n) is 3.61. The maximum Gasteiger partial charge on any atom is 0.0679 e. The van der Waals surface area contributed by atoms with E-state index >= 15 is 0 Å². The Balaban J connectivity index is 2.23. The van der Waals surface area contributed by atoms with Gasteiger partial charge < -0.3 is 15.9 Å². The molecular weight excluding hydrogens is 156 g/mol. The van der Waals surface area contributed by atoms with Gasteiger partial charge in [0.25, 0.3) is 0 Å². The molecule has 0 aromatic heterocycles. The van der Waals surface area contributed by atoms with Crippen molar-refractivity contribution >= 4 is 0 Å². The van der Waals surface area contributed by atoms with Gasteiger partial charge in [-0.15, -0.1) is 0 Å². The molecule has 1 fully saturated rings. The molecule has 72 valence electrons. The molecule has 1 rings (SSSR count). The molecule has 0 aromatic rings. The van der Waals surface area contributed by atoms with Crippen molar-refractivity contribution in [1.29, 1.82) is 0 Å². The van der Waals surface area contributed by atoms with Crippen LogP contribution >= 0.6 is 0 Å². The Hall–Kier alpha value is -0.160. The van der Waals surface area contributed by atoms with E-state index in [0.717, 1.165) is 13.0 Å². The first-order chi connectivity index (χ1) is 5.59. The fourth-order valence-corrected chi connectivity index (χ4v) is 1.43. The molecule has 1 aliphatic heterocycles. The van der Waals surface area contributed by atoms with Gasteiger partial charge in [0.15, 0.2) is 0 Å². The van der Waals surface area contributed by atoms with Crippen LogP contribution in [0, 0.1) is 0 Å². The van der Waals surface area contributed by atoms with Crippen molar-refractivity contribution in [2.75, 3.05) is 19.6 Å². The summed E-state index contributed by atoms with van der Waals surface area (Å²) in [5.74, 6) is 0. The number of nitrogens with zero attached hydrogens (tertiary/aromatic N) is 1. The summed E-state index contributed by atoms with van der Waals surface area (Å²) in [6.07, 6.45) is 0.154. The van der Waals surface area contributed by atoms with E-state index in [0.29, 0.717) is 13.1 Å². The van der Waals surface area contributed by atoms with Gasteiger partial charge in [-0.05, 0) is 13.3 Å². The number of rotatable bonds is 3. The van der Waals surface area contributed by atoms with Crippen LogP contribution in [0.3, 0.4) is 0 Å². The monoisotopic (exact) mass is 174 g/mol. The molecule has 12 heavy (non-hydrogen) atoms. The summed E-state index contributed by atoms with van der Waals surface area (Å²) < 4.78 is 0. The van der Waals surface area contributed by atoms with E-state index in [4.69, 9.17) is 10.8 Å². The van der Waals surface area contributed by atoms with Gasteiger partial charge in [-0.2, -0.15) is 0 Å². The second-order valence-corrected chi connectivity index (χ2v) is 3.61. The molecule has 1 heterocycles. The molecule has 1 aliphatic rings. The third-order valence-corrected chi connectivity index (χ3v) is 2.34. The first-order valence-electron chi connectivity index (χ1n) is 4.43. The Labute approximate surface area is 73.0 Å². The van der Waals surface area contributed by atoms with Crippen LogP contribution in [0.5, 0.6) is 0 Å². The summed E-state index contributed by atoms with van der Waals surface area (Å²) in [6, 6.07) is -0.199. The molecule has 0 radical (unpaired) electrons. The number of aliphatic hydroxyl groups excluding tert-OH is 2. The van der Waals surface area contributed by atoms with Crippen molar-refractivity contribution in [3.63, 3.8) is 0 Å². The van der Waals surface area contributed by atoms with E-state index < -0.39 is 6.10 Å². The zero-order valence-electron chi connectivity index (χ0n) is 7.48.